The number of unbranched alkanes of at least 4 members (excludes halogenated alkanes) is 2. The third-order valence-electron chi connectivity index (χ3n) is 4.94. The van der Waals surface area contributed by atoms with Gasteiger partial charge in [0, 0.05) is 11.3 Å². The minimum absolute atomic E-state index is 0.159. The lowest BCUT2D eigenvalue weighted by atomic mass is 9.95. The molecule has 2 aromatic carbocycles. The Balaban J connectivity index is 1.82. The highest BCUT2D eigenvalue weighted by molar-refractivity contribution is 5.95. The molecule has 0 saturated heterocycles. The van der Waals surface area contributed by atoms with E-state index < -0.39 is 12.0 Å². The number of para-hydroxylation sites is 1. The van der Waals surface area contributed by atoms with Crippen molar-refractivity contribution < 1.29 is 19.1 Å². The van der Waals surface area contributed by atoms with Gasteiger partial charge in [-0.3, -0.25) is 0 Å². The quantitative estimate of drug-likeness (QED) is 0.469. The number of carbonyl (C=O) groups excluding carboxylic acids is 2. The van der Waals surface area contributed by atoms with Crippen molar-refractivity contribution in [2.45, 2.75) is 45.8 Å². The Morgan fingerprint density at radius 1 is 1.03 bits per heavy atom. The lowest BCUT2D eigenvalue weighted by molar-refractivity contribution is -0.140. The van der Waals surface area contributed by atoms with Crippen LogP contribution in [0.2, 0.25) is 0 Å². The number of benzene rings is 2. The van der Waals surface area contributed by atoms with E-state index in [0.29, 0.717) is 23.6 Å². The molecule has 30 heavy (non-hydrogen) atoms. The van der Waals surface area contributed by atoms with Crippen molar-refractivity contribution >= 4 is 12.0 Å². The summed E-state index contributed by atoms with van der Waals surface area (Å²) in [7, 11) is 0. The van der Waals surface area contributed by atoms with E-state index in [1.807, 2.05) is 54.6 Å². The molecule has 2 aromatic rings. The number of amides is 2. The van der Waals surface area contributed by atoms with Crippen LogP contribution in [0, 0.1) is 0 Å². The van der Waals surface area contributed by atoms with Crippen molar-refractivity contribution in [2.24, 2.45) is 0 Å². The maximum atomic E-state index is 13.0. The molecule has 2 N–H and O–H groups in total. The van der Waals surface area contributed by atoms with Crippen LogP contribution < -0.4 is 15.4 Å². The minimum atomic E-state index is -0.649. The highest BCUT2D eigenvalue weighted by Crippen LogP contribution is 2.33. The van der Waals surface area contributed by atoms with Crippen molar-refractivity contribution in [2.75, 3.05) is 6.61 Å². The zero-order valence-corrected chi connectivity index (χ0v) is 17.4. The molecule has 1 unspecified atom stereocenters. The van der Waals surface area contributed by atoms with Crippen molar-refractivity contribution in [1.29, 1.82) is 0 Å². The number of nitrogens with one attached hydrogen (secondary N) is 2. The first-order valence-electron chi connectivity index (χ1n) is 10.3. The Hall–Kier alpha value is -3.28. The fraction of sp³-hybridized carbons (Fsp3) is 0.333. The first-order chi connectivity index (χ1) is 14.6. The Labute approximate surface area is 177 Å². The molecule has 0 radical (unpaired) electrons. The zero-order chi connectivity index (χ0) is 21.3. The summed E-state index contributed by atoms with van der Waals surface area (Å²) in [4.78, 5) is 25.1. The summed E-state index contributed by atoms with van der Waals surface area (Å²) in [6.07, 6.45) is 3.14. The molecule has 1 atom stereocenters. The van der Waals surface area contributed by atoms with Gasteiger partial charge in [0.15, 0.2) is 0 Å². The van der Waals surface area contributed by atoms with Crippen LogP contribution in [0.4, 0.5) is 4.79 Å². The van der Waals surface area contributed by atoms with E-state index in [0.717, 1.165) is 30.4 Å². The van der Waals surface area contributed by atoms with Gasteiger partial charge in [0.05, 0.1) is 18.2 Å². The van der Waals surface area contributed by atoms with Crippen molar-refractivity contribution in [3.05, 3.63) is 77.0 Å². The molecule has 3 rings (SSSR count). The van der Waals surface area contributed by atoms with Crippen LogP contribution >= 0.6 is 0 Å². The molecule has 0 bridgehead atoms. The number of rotatable bonds is 9. The average molecular weight is 408 g/mol. The third-order valence-corrected chi connectivity index (χ3v) is 4.94. The molecule has 1 heterocycles. The second-order valence-electron chi connectivity index (χ2n) is 7.23. The molecular weight excluding hydrogens is 380 g/mol. The van der Waals surface area contributed by atoms with Crippen LogP contribution in [-0.4, -0.2) is 18.6 Å². The van der Waals surface area contributed by atoms with Crippen LogP contribution in [0.5, 0.6) is 5.75 Å². The van der Waals surface area contributed by atoms with Gasteiger partial charge >= 0.3 is 12.0 Å². The van der Waals surface area contributed by atoms with Crippen molar-refractivity contribution in [3.8, 4) is 5.75 Å². The average Bonchev–Trinajstić information content (AvgIpc) is 2.75. The van der Waals surface area contributed by atoms with E-state index in [1.165, 1.54) is 0 Å². The summed E-state index contributed by atoms with van der Waals surface area (Å²) in [6.45, 7) is 4.58. The fourth-order valence-electron chi connectivity index (χ4n) is 3.38. The standard InChI is InChI=1S/C24H28N2O4/c1-3-4-10-15-29-20-14-9-8-13-19(20)22-21(17(2)25-24(28)26-22)23(27)30-16-18-11-6-5-7-12-18/h5-9,11-14,22H,3-4,10,15-16H2,1-2H3,(H2,25,26,28). The summed E-state index contributed by atoms with van der Waals surface area (Å²) >= 11 is 0. The number of carbonyl (C=O) groups is 2. The number of urea groups is 1. The van der Waals surface area contributed by atoms with E-state index >= 15 is 0 Å². The van der Waals surface area contributed by atoms with Crippen molar-refractivity contribution in [3.63, 3.8) is 0 Å². The molecule has 158 valence electrons. The highest BCUT2D eigenvalue weighted by atomic mass is 16.5. The summed E-state index contributed by atoms with van der Waals surface area (Å²) in [5.74, 6) is 0.177. The van der Waals surface area contributed by atoms with Crippen LogP contribution in [0.15, 0.2) is 65.9 Å². The predicted octanol–water partition coefficient (Wildman–Crippen LogP) is 4.63. The van der Waals surface area contributed by atoms with E-state index in [2.05, 4.69) is 17.6 Å². The van der Waals surface area contributed by atoms with Crippen LogP contribution in [0.3, 0.4) is 0 Å². The number of esters is 1. The van der Waals surface area contributed by atoms with Gasteiger partial charge in [-0.1, -0.05) is 68.3 Å². The number of hydrogen-bond donors (Lipinski definition) is 2. The fourth-order valence-corrected chi connectivity index (χ4v) is 3.38. The number of allylic oxidation sites excluding steroid dienone is 1. The predicted molar refractivity (Wildman–Crippen MR) is 115 cm³/mol. The zero-order valence-electron chi connectivity index (χ0n) is 17.4. The van der Waals surface area contributed by atoms with Crippen molar-refractivity contribution in [1.82, 2.24) is 10.6 Å². The summed E-state index contributed by atoms with van der Waals surface area (Å²) in [5, 5.41) is 5.52. The van der Waals surface area contributed by atoms with E-state index in [1.54, 1.807) is 6.92 Å². The van der Waals surface area contributed by atoms with Gasteiger partial charge < -0.3 is 20.1 Å². The molecular formula is C24H28N2O4. The smallest absolute Gasteiger partial charge is 0.338 e. The topological polar surface area (TPSA) is 76.7 Å². The third kappa shape index (κ3) is 5.41. The molecule has 0 spiro atoms. The molecule has 6 nitrogen and oxygen atoms in total. The Morgan fingerprint density at radius 3 is 2.53 bits per heavy atom. The lowest BCUT2D eigenvalue weighted by Crippen LogP contribution is -2.45. The normalized spacial score (nSPS) is 15.9. The van der Waals surface area contributed by atoms with Crippen LogP contribution in [0.1, 0.15) is 50.3 Å². The first-order valence-corrected chi connectivity index (χ1v) is 10.3. The molecule has 0 aliphatic carbocycles. The van der Waals surface area contributed by atoms with Gasteiger partial charge in [-0.05, 0) is 25.0 Å². The number of hydrogen-bond acceptors (Lipinski definition) is 4. The molecule has 1 aliphatic heterocycles. The second-order valence-corrected chi connectivity index (χ2v) is 7.23. The van der Waals surface area contributed by atoms with Crippen LogP contribution in [-0.2, 0) is 16.1 Å². The number of ether oxygens (including phenoxy) is 2. The highest BCUT2D eigenvalue weighted by Gasteiger charge is 2.33. The maximum Gasteiger partial charge on any atom is 0.338 e. The van der Waals surface area contributed by atoms with Gasteiger partial charge in [0.25, 0.3) is 0 Å². The van der Waals surface area contributed by atoms with Gasteiger partial charge in [-0.25, -0.2) is 9.59 Å². The van der Waals surface area contributed by atoms with Gasteiger partial charge in [-0.15, -0.1) is 0 Å². The minimum Gasteiger partial charge on any atom is -0.493 e. The SMILES string of the molecule is CCCCCOc1ccccc1C1NC(=O)NC(C)=C1C(=O)OCc1ccccc1. The molecule has 6 heteroatoms. The Kier molecular flexibility index (Phi) is 7.49. The van der Waals surface area contributed by atoms with E-state index in [-0.39, 0.29) is 12.6 Å². The van der Waals surface area contributed by atoms with Gasteiger partial charge in [-0.2, -0.15) is 0 Å². The Bertz CT molecular complexity index is 908. The second kappa shape index (κ2) is 10.5. The van der Waals surface area contributed by atoms with Gasteiger partial charge in [0.2, 0.25) is 0 Å². The van der Waals surface area contributed by atoms with Crippen LogP contribution in [0.25, 0.3) is 0 Å². The van der Waals surface area contributed by atoms with E-state index in [4.69, 9.17) is 9.47 Å². The molecule has 2 amide bonds. The summed E-state index contributed by atoms with van der Waals surface area (Å²) in [5.41, 5.74) is 2.47. The molecule has 0 fully saturated rings. The first kappa shape index (κ1) is 21.4. The summed E-state index contributed by atoms with van der Waals surface area (Å²) < 4.78 is 11.5. The maximum absolute atomic E-state index is 13.0. The molecule has 0 saturated carbocycles. The largest absolute Gasteiger partial charge is 0.493 e. The monoisotopic (exact) mass is 408 g/mol. The lowest BCUT2D eigenvalue weighted by Gasteiger charge is -2.29. The molecule has 0 aromatic heterocycles. The molecule has 1 aliphatic rings. The van der Waals surface area contributed by atoms with Gasteiger partial charge in [0.1, 0.15) is 12.4 Å². The Morgan fingerprint density at radius 2 is 1.77 bits per heavy atom. The van der Waals surface area contributed by atoms with E-state index in [9.17, 15) is 9.59 Å². The summed E-state index contributed by atoms with van der Waals surface area (Å²) in [6, 6.07) is 15.9.